The molecule has 2 atom stereocenters. The van der Waals surface area contributed by atoms with Gasteiger partial charge < -0.3 is 19.9 Å². The lowest BCUT2D eigenvalue weighted by molar-refractivity contribution is 0.0868. The van der Waals surface area contributed by atoms with Crippen LogP contribution in [0.4, 0.5) is 10.5 Å². The molecule has 0 saturated carbocycles. The van der Waals surface area contributed by atoms with Gasteiger partial charge in [-0.05, 0) is 38.3 Å². The molecular weight excluding hydrogens is 318 g/mol. The van der Waals surface area contributed by atoms with Crippen molar-refractivity contribution in [3.63, 3.8) is 0 Å². The van der Waals surface area contributed by atoms with Gasteiger partial charge in [0.2, 0.25) is 0 Å². The maximum atomic E-state index is 12.3. The van der Waals surface area contributed by atoms with Crippen LogP contribution >= 0.6 is 0 Å². The topological polar surface area (TPSA) is 81.1 Å². The predicted molar refractivity (Wildman–Crippen MR) is 94.4 cm³/mol. The molecule has 2 aliphatic rings. The zero-order valence-corrected chi connectivity index (χ0v) is 14.4. The van der Waals surface area contributed by atoms with Gasteiger partial charge in [-0.25, -0.2) is 4.79 Å². The summed E-state index contributed by atoms with van der Waals surface area (Å²) in [5, 5.41) is 14.4. The Balaban J connectivity index is 1.43. The molecule has 0 spiro atoms. The quantitative estimate of drug-likeness (QED) is 0.896. The van der Waals surface area contributed by atoms with E-state index in [9.17, 15) is 4.79 Å². The number of rotatable bonds is 4. The third kappa shape index (κ3) is 3.37. The van der Waals surface area contributed by atoms with E-state index in [-0.39, 0.29) is 18.2 Å². The number of amides is 2. The molecule has 1 aromatic carbocycles. The number of aryl methyl sites for hydroxylation is 1. The fourth-order valence-electron chi connectivity index (χ4n) is 3.56. The molecule has 0 radical (unpaired) electrons. The SMILES string of the molecule is CC(NC(=O)Nc1cccc(-c2nnc3n2CCC3)c1)C1CCCO1. The predicted octanol–water partition coefficient (Wildman–Crippen LogP) is 2.58. The van der Waals surface area contributed by atoms with Crippen LogP contribution in [0.2, 0.25) is 0 Å². The Labute approximate surface area is 146 Å². The highest BCUT2D eigenvalue weighted by Crippen LogP contribution is 2.25. The van der Waals surface area contributed by atoms with Gasteiger partial charge in [-0.15, -0.1) is 10.2 Å². The Kier molecular flexibility index (Phi) is 4.40. The van der Waals surface area contributed by atoms with E-state index in [1.54, 1.807) is 0 Å². The van der Waals surface area contributed by atoms with Crippen LogP contribution in [0, 0.1) is 0 Å². The number of hydrogen-bond acceptors (Lipinski definition) is 4. The Hall–Kier alpha value is -2.41. The average Bonchev–Trinajstić information content (AvgIpc) is 3.32. The van der Waals surface area contributed by atoms with E-state index in [0.29, 0.717) is 0 Å². The average molecular weight is 341 g/mol. The van der Waals surface area contributed by atoms with Crippen molar-refractivity contribution in [2.45, 2.75) is 51.3 Å². The van der Waals surface area contributed by atoms with Crippen LogP contribution in [0.15, 0.2) is 24.3 Å². The molecule has 2 N–H and O–H groups in total. The van der Waals surface area contributed by atoms with E-state index in [1.165, 1.54) is 0 Å². The smallest absolute Gasteiger partial charge is 0.319 e. The summed E-state index contributed by atoms with van der Waals surface area (Å²) in [6, 6.07) is 7.50. The molecular formula is C18H23N5O2. The van der Waals surface area contributed by atoms with Crippen molar-refractivity contribution in [3.05, 3.63) is 30.1 Å². The molecule has 1 aromatic heterocycles. The number of carbonyl (C=O) groups excluding carboxylic acids is 1. The fourth-order valence-corrected chi connectivity index (χ4v) is 3.56. The molecule has 7 nitrogen and oxygen atoms in total. The minimum Gasteiger partial charge on any atom is -0.376 e. The number of ether oxygens (including phenoxy) is 1. The van der Waals surface area contributed by atoms with Crippen LogP contribution in [-0.4, -0.2) is 39.5 Å². The molecule has 1 saturated heterocycles. The van der Waals surface area contributed by atoms with E-state index in [4.69, 9.17) is 4.74 Å². The molecule has 0 aliphatic carbocycles. The monoisotopic (exact) mass is 341 g/mol. The van der Waals surface area contributed by atoms with Crippen molar-refractivity contribution in [1.82, 2.24) is 20.1 Å². The van der Waals surface area contributed by atoms with Crippen molar-refractivity contribution >= 4 is 11.7 Å². The van der Waals surface area contributed by atoms with Gasteiger partial charge in [-0.2, -0.15) is 0 Å². The first-order valence-electron chi connectivity index (χ1n) is 8.92. The van der Waals surface area contributed by atoms with Gasteiger partial charge in [0.15, 0.2) is 5.82 Å². The Morgan fingerprint density at radius 2 is 2.28 bits per heavy atom. The first-order valence-corrected chi connectivity index (χ1v) is 8.92. The first-order chi connectivity index (χ1) is 12.2. The minimum absolute atomic E-state index is 0.00884. The summed E-state index contributed by atoms with van der Waals surface area (Å²) in [6.07, 6.45) is 4.25. The maximum absolute atomic E-state index is 12.3. The molecule has 25 heavy (non-hydrogen) atoms. The summed E-state index contributed by atoms with van der Waals surface area (Å²) in [5.41, 5.74) is 1.70. The lowest BCUT2D eigenvalue weighted by Gasteiger charge is -2.20. The number of benzene rings is 1. The minimum atomic E-state index is -0.216. The van der Waals surface area contributed by atoms with Crippen LogP contribution < -0.4 is 10.6 Å². The number of urea groups is 1. The normalized spacial score (nSPS) is 20.3. The van der Waals surface area contributed by atoms with Gasteiger partial charge in [-0.1, -0.05) is 12.1 Å². The van der Waals surface area contributed by atoms with E-state index < -0.39 is 0 Å². The number of anilines is 1. The van der Waals surface area contributed by atoms with Gasteiger partial charge in [0, 0.05) is 30.8 Å². The Morgan fingerprint density at radius 1 is 1.36 bits per heavy atom. The zero-order chi connectivity index (χ0) is 17.2. The highest BCUT2D eigenvalue weighted by Gasteiger charge is 2.24. The van der Waals surface area contributed by atoms with Gasteiger partial charge in [0.05, 0.1) is 12.1 Å². The molecule has 2 aromatic rings. The summed E-state index contributed by atoms with van der Waals surface area (Å²) in [5.74, 6) is 1.90. The molecule has 3 heterocycles. The fraction of sp³-hybridized carbons (Fsp3) is 0.500. The molecule has 4 rings (SSSR count). The molecule has 2 amide bonds. The van der Waals surface area contributed by atoms with Crippen LogP contribution in [0.25, 0.3) is 11.4 Å². The first kappa shape index (κ1) is 16.1. The summed E-state index contributed by atoms with van der Waals surface area (Å²) in [4.78, 5) is 12.3. The summed E-state index contributed by atoms with van der Waals surface area (Å²) in [7, 11) is 0. The Morgan fingerprint density at radius 3 is 3.12 bits per heavy atom. The molecule has 2 unspecified atom stereocenters. The molecule has 7 heteroatoms. The number of fused-ring (bicyclic) bond motifs is 1. The molecule has 0 bridgehead atoms. The number of aromatic nitrogens is 3. The second-order valence-corrected chi connectivity index (χ2v) is 6.71. The van der Waals surface area contributed by atoms with Crippen molar-refractivity contribution in [1.29, 1.82) is 0 Å². The van der Waals surface area contributed by atoms with Crippen molar-refractivity contribution < 1.29 is 9.53 Å². The largest absolute Gasteiger partial charge is 0.376 e. The summed E-state index contributed by atoms with van der Waals surface area (Å²) >= 11 is 0. The maximum Gasteiger partial charge on any atom is 0.319 e. The van der Waals surface area contributed by atoms with Crippen LogP contribution in [-0.2, 0) is 17.7 Å². The van der Waals surface area contributed by atoms with E-state index in [1.807, 2.05) is 31.2 Å². The van der Waals surface area contributed by atoms with Gasteiger partial charge in [0.1, 0.15) is 5.82 Å². The number of hydrogen-bond donors (Lipinski definition) is 2. The highest BCUT2D eigenvalue weighted by atomic mass is 16.5. The standard InChI is InChI=1S/C18H23N5O2/c1-12(15-7-4-10-25-15)19-18(24)20-14-6-2-5-13(11-14)17-22-21-16-8-3-9-23(16)17/h2,5-6,11-12,15H,3-4,7-10H2,1H3,(H2,19,20,24). The van der Waals surface area contributed by atoms with Gasteiger partial charge >= 0.3 is 6.03 Å². The second-order valence-electron chi connectivity index (χ2n) is 6.71. The highest BCUT2D eigenvalue weighted by molar-refractivity contribution is 5.90. The van der Waals surface area contributed by atoms with Crippen molar-refractivity contribution in [3.8, 4) is 11.4 Å². The third-order valence-corrected chi connectivity index (χ3v) is 4.87. The zero-order valence-electron chi connectivity index (χ0n) is 14.4. The molecule has 1 fully saturated rings. The summed E-state index contributed by atoms with van der Waals surface area (Å²) in [6.45, 7) is 3.71. The third-order valence-electron chi connectivity index (χ3n) is 4.87. The van der Waals surface area contributed by atoms with E-state index >= 15 is 0 Å². The van der Waals surface area contributed by atoms with Crippen LogP contribution in [0.3, 0.4) is 0 Å². The lowest BCUT2D eigenvalue weighted by atomic mass is 10.1. The van der Waals surface area contributed by atoms with Gasteiger partial charge in [-0.3, -0.25) is 0 Å². The Bertz CT molecular complexity index is 767. The second kappa shape index (κ2) is 6.84. The molecule has 132 valence electrons. The number of nitrogens with zero attached hydrogens (tertiary/aromatic N) is 3. The van der Waals surface area contributed by atoms with Gasteiger partial charge in [0.25, 0.3) is 0 Å². The van der Waals surface area contributed by atoms with Crippen LogP contribution in [0.1, 0.15) is 32.0 Å². The summed E-state index contributed by atoms with van der Waals surface area (Å²) < 4.78 is 7.77. The number of nitrogens with one attached hydrogen (secondary N) is 2. The van der Waals surface area contributed by atoms with E-state index in [2.05, 4.69) is 25.4 Å². The lowest BCUT2D eigenvalue weighted by Crippen LogP contribution is -2.42. The van der Waals surface area contributed by atoms with Crippen molar-refractivity contribution in [2.24, 2.45) is 0 Å². The van der Waals surface area contributed by atoms with Crippen LogP contribution in [0.5, 0.6) is 0 Å². The van der Waals surface area contributed by atoms with Crippen molar-refractivity contribution in [2.75, 3.05) is 11.9 Å². The number of carbonyl (C=O) groups is 1. The molecule has 2 aliphatic heterocycles. The van der Waals surface area contributed by atoms with E-state index in [0.717, 1.165) is 61.7 Å².